The molecule has 0 aliphatic heterocycles. The molecule has 0 atom stereocenters. The van der Waals surface area contributed by atoms with Gasteiger partial charge in [0, 0.05) is 25.7 Å². The van der Waals surface area contributed by atoms with Crippen molar-refractivity contribution in [2.24, 2.45) is 0 Å². The summed E-state index contributed by atoms with van der Waals surface area (Å²) in [7, 11) is 0. The second-order valence-electron chi connectivity index (χ2n) is 7.16. The van der Waals surface area contributed by atoms with E-state index in [-0.39, 0.29) is 12.4 Å². The minimum Gasteiger partial charge on any atom is -0.481 e. The fourth-order valence-corrected chi connectivity index (χ4v) is 3.28. The summed E-state index contributed by atoms with van der Waals surface area (Å²) in [5.74, 6) is -1.52. The number of carbonyl (C=O) groups is 2. The molecule has 5 heteroatoms. The Labute approximate surface area is 152 Å². The molecule has 0 unspecified atom stereocenters. The van der Waals surface area contributed by atoms with E-state index < -0.39 is 11.8 Å². The van der Waals surface area contributed by atoms with Gasteiger partial charge in [0.15, 0.2) is 0 Å². The van der Waals surface area contributed by atoms with Crippen LogP contribution in [0.5, 0.6) is 0 Å². The maximum absolute atomic E-state index is 12.2. The van der Waals surface area contributed by atoms with Gasteiger partial charge in [0.1, 0.15) is 0 Å². The standard InChI is InChI=1S/C20H36O5/c1-2-3-17-24-20(15-11-8-12-16-20)25-19(23)14-10-7-5-4-6-9-13-18(21)22/h2-17H2,1H3,(H,21,22). The molecular formula is C20H36O5. The van der Waals surface area contributed by atoms with Crippen molar-refractivity contribution in [2.45, 2.75) is 109 Å². The van der Waals surface area contributed by atoms with Crippen molar-refractivity contribution >= 4 is 11.9 Å². The van der Waals surface area contributed by atoms with Gasteiger partial charge in [-0.1, -0.05) is 45.4 Å². The van der Waals surface area contributed by atoms with E-state index in [2.05, 4.69) is 6.92 Å². The lowest BCUT2D eigenvalue weighted by atomic mass is 9.94. The summed E-state index contributed by atoms with van der Waals surface area (Å²) in [5, 5.41) is 8.58. The number of unbranched alkanes of at least 4 members (excludes halogenated alkanes) is 6. The van der Waals surface area contributed by atoms with Crippen LogP contribution in [0.3, 0.4) is 0 Å². The minimum absolute atomic E-state index is 0.135. The summed E-state index contributed by atoms with van der Waals surface area (Å²) < 4.78 is 11.8. The lowest BCUT2D eigenvalue weighted by Gasteiger charge is -2.36. The van der Waals surface area contributed by atoms with Gasteiger partial charge in [0.2, 0.25) is 5.79 Å². The number of ether oxygens (including phenoxy) is 2. The highest BCUT2D eigenvalue weighted by Crippen LogP contribution is 2.33. The van der Waals surface area contributed by atoms with Crippen LogP contribution in [0.25, 0.3) is 0 Å². The van der Waals surface area contributed by atoms with E-state index in [4.69, 9.17) is 14.6 Å². The minimum atomic E-state index is -0.722. The molecule has 1 aliphatic carbocycles. The van der Waals surface area contributed by atoms with Gasteiger partial charge < -0.3 is 14.6 Å². The van der Waals surface area contributed by atoms with Crippen molar-refractivity contribution in [1.82, 2.24) is 0 Å². The average molecular weight is 357 g/mol. The number of carbonyl (C=O) groups excluding carboxylic acids is 1. The van der Waals surface area contributed by atoms with E-state index in [1.54, 1.807) is 0 Å². The van der Waals surface area contributed by atoms with Gasteiger partial charge in [0.05, 0.1) is 6.61 Å². The first kappa shape index (κ1) is 21.9. The summed E-state index contributed by atoms with van der Waals surface area (Å²) in [4.78, 5) is 22.6. The third-order valence-electron chi connectivity index (χ3n) is 4.80. The Kier molecular flexibility index (Phi) is 11.5. The third-order valence-corrected chi connectivity index (χ3v) is 4.80. The molecule has 0 bridgehead atoms. The predicted octanol–water partition coefficient (Wildman–Crippen LogP) is 5.21. The fourth-order valence-electron chi connectivity index (χ4n) is 3.28. The van der Waals surface area contributed by atoms with Gasteiger partial charge in [-0.25, -0.2) is 0 Å². The van der Waals surface area contributed by atoms with Crippen molar-refractivity contribution in [2.75, 3.05) is 6.61 Å². The molecule has 0 saturated heterocycles. The van der Waals surface area contributed by atoms with E-state index in [1.165, 1.54) is 6.42 Å². The van der Waals surface area contributed by atoms with Crippen LogP contribution < -0.4 is 0 Å². The second-order valence-corrected chi connectivity index (χ2v) is 7.16. The van der Waals surface area contributed by atoms with E-state index >= 15 is 0 Å². The van der Waals surface area contributed by atoms with E-state index in [1.807, 2.05) is 0 Å². The molecule has 0 amide bonds. The smallest absolute Gasteiger partial charge is 0.308 e. The zero-order valence-corrected chi connectivity index (χ0v) is 15.9. The number of aliphatic carboxylic acids is 1. The highest BCUT2D eigenvalue weighted by molar-refractivity contribution is 5.69. The molecule has 0 spiro atoms. The van der Waals surface area contributed by atoms with Crippen molar-refractivity contribution in [3.8, 4) is 0 Å². The molecule has 5 nitrogen and oxygen atoms in total. The van der Waals surface area contributed by atoms with Crippen LogP contribution >= 0.6 is 0 Å². The quantitative estimate of drug-likeness (QED) is 0.263. The first-order chi connectivity index (χ1) is 12.1. The van der Waals surface area contributed by atoms with Crippen LogP contribution in [-0.4, -0.2) is 29.4 Å². The molecule has 1 saturated carbocycles. The van der Waals surface area contributed by atoms with E-state index in [9.17, 15) is 9.59 Å². The summed E-state index contributed by atoms with van der Waals surface area (Å²) in [6.07, 6.45) is 13.4. The van der Waals surface area contributed by atoms with Gasteiger partial charge in [-0.05, 0) is 32.1 Å². The van der Waals surface area contributed by atoms with Gasteiger partial charge in [0.25, 0.3) is 0 Å². The zero-order valence-electron chi connectivity index (χ0n) is 15.9. The Morgan fingerprint density at radius 1 is 0.880 bits per heavy atom. The number of carboxylic acids is 1. The Morgan fingerprint density at radius 3 is 2.08 bits per heavy atom. The number of rotatable bonds is 14. The second kappa shape index (κ2) is 13.2. The number of hydrogen-bond acceptors (Lipinski definition) is 4. The Morgan fingerprint density at radius 2 is 1.48 bits per heavy atom. The maximum Gasteiger partial charge on any atom is 0.308 e. The first-order valence-corrected chi connectivity index (χ1v) is 10.2. The first-order valence-electron chi connectivity index (χ1n) is 10.2. The molecule has 146 valence electrons. The van der Waals surface area contributed by atoms with Crippen molar-refractivity contribution < 1.29 is 24.2 Å². The zero-order chi connectivity index (χ0) is 18.4. The topological polar surface area (TPSA) is 72.8 Å². The number of hydrogen-bond donors (Lipinski definition) is 1. The highest BCUT2D eigenvalue weighted by atomic mass is 16.7. The monoisotopic (exact) mass is 356 g/mol. The average Bonchev–Trinajstić information content (AvgIpc) is 2.58. The summed E-state index contributed by atoms with van der Waals surface area (Å²) in [6, 6.07) is 0. The van der Waals surface area contributed by atoms with Crippen molar-refractivity contribution in [3.05, 3.63) is 0 Å². The molecule has 1 N–H and O–H groups in total. The Balaban J connectivity index is 2.16. The van der Waals surface area contributed by atoms with Gasteiger partial charge in [-0.2, -0.15) is 0 Å². The van der Waals surface area contributed by atoms with Crippen LogP contribution in [0.2, 0.25) is 0 Å². The summed E-state index contributed by atoms with van der Waals surface area (Å²) >= 11 is 0. The van der Waals surface area contributed by atoms with Crippen LogP contribution in [0.4, 0.5) is 0 Å². The molecule has 1 rings (SSSR count). The number of carboxylic acid groups (broad SMARTS) is 1. The molecule has 1 aliphatic rings. The molecule has 25 heavy (non-hydrogen) atoms. The predicted molar refractivity (Wildman–Crippen MR) is 97.3 cm³/mol. The lowest BCUT2D eigenvalue weighted by Crippen LogP contribution is -2.40. The Bertz CT molecular complexity index is 374. The van der Waals surface area contributed by atoms with Crippen LogP contribution in [0, 0.1) is 0 Å². The SMILES string of the molecule is CCCCOC1(OC(=O)CCCCCCCCC(=O)O)CCCCC1. The molecule has 0 aromatic heterocycles. The van der Waals surface area contributed by atoms with Gasteiger partial charge in [-0.3, -0.25) is 9.59 Å². The van der Waals surface area contributed by atoms with Crippen LogP contribution in [-0.2, 0) is 19.1 Å². The normalized spacial score (nSPS) is 16.5. The lowest BCUT2D eigenvalue weighted by molar-refractivity contribution is -0.244. The third kappa shape index (κ3) is 10.5. The molecule has 1 fully saturated rings. The molecule has 0 aromatic carbocycles. The van der Waals surface area contributed by atoms with E-state index in [0.717, 1.165) is 77.0 Å². The summed E-state index contributed by atoms with van der Waals surface area (Å²) in [6.45, 7) is 2.80. The molecule has 0 heterocycles. The molecule has 0 aromatic rings. The van der Waals surface area contributed by atoms with Crippen LogP contribution in [0.1, 0.15) is 103 Å². The van der Waals surface area contributed by atoms with Gasteiger partial charge in [-0.15, -0.1) is 0 Å². The molecular weight excluding hydrogens is 320 g/mol. The Hall–Kier alpha value is -1.10. The fraction of sp³-hybridized carbons (Fsp3) is 0.900. The van der Waals surface area contributed by atoms with Crippen molar-refractivity contribution in [1.29, 1.82) is 0 Å². The van der Waals surface area contributed by atoms with Crippen LogP contribution in [0.15, 0.2) is 0 Å². The maximum atomic E-state index is 12.2. The highest BCUT2D eigenvalue weighted by Gasteiger charge is 2.36. The van der Waals surface area contributed by atoms with E-state index in [0.29, 0.717) is 13.0 Å². The summed E-state index contributed by atoms with van der Waals surface area (Å²) in [5.41, 5.74) is 0. The largest absolute Gasteiger partial charge is 0.481 e. The van der Waals surface area contributed by atoms with Gasteiger partial charge >= 0.3 is 11.9 Å². The number of esters is 1. The van der Waals surface area contributed by atoms with Crippen molar-refractivity contribution in [3.63, 3.8) is 0 Å². The molecule has 0 radical (unpaired) electrons.